The number of nitrogens with one attached hydrogen (secondary N) is 2. The van der Waals surface area contributed by atoms with Crippen LogP contribution in [-0.2, 0) is 14.8 Å². The van der Waals surface area contributed by atoms with E-state index >= 15 is 0 Å². The number of hydrogen-bond donors (Lipinski definition) is 3. The number of carbonyl (C=O) groups is 1. The number of benzene rings is 1. The zero-order valence-electron chi connectivity index (χ0n) is 9.65. The van der Waals surface area contributed by atoms with Gasteiger partial charge in [0.25, 0.3) is 0 Å². The minimum absolute atomic E-state index is 0.0949. The molecule has 1 rings (SSSR count). The molecular formula is C10H15N3O3S. The Morgan fingerprint density at radius 3 is 2.53 bits per heavy atom. The number of sulfonamides is 1. The highest BCUT2D eigenvalue weighted by molar-refractivity contribution is 7.92. The van der Waals surface area contributed by atoms with E-state index < -0.39 is 10.0 Å². The average molecular weight is 257 g/mol. The molecule has 0 heterocycles. The molecule has 1 amide bonds. The van der Waals surface area contributed by atoms with E-state index in [-0.39, 0.29) is 12.5 Å². The van der Waals surface area contributed by atoms with Crippen molar-refractivity contribution in [1.82, 2.24) is 0 Å². The van der Waals surface area contributed by atoms with Crippen molar-refractivity contribution >= 4 is 27.3 Å². The summed E-state index contributed by atoms with van der Waals surface area (Å²) in [4.78, 5) is 11.1. The lowest BCUT2D eigenvalue weighted by Gasteiger charge is -2.10. The zero-order chi connectivity index (χ0) is 13.1. The van der Waals surface area contributed by atoms with E-state index in [0.717, 1.165) is 6.26 Å². The van der Waals surface area contributed by atoms with Crippen LogP contribution in [0.25, 0.3) is 0 Å². The highest BCUT2D eigenvalue weighted by Crippen LogP contribution is 2.20. The lowest BCUT2D eigenvalue weighted by molar-refractivity contribution is -0.114. The maximum Gasteiger partial charge on any atom is 0.238 e. The molecule has 0 unspecified atom stereocenters. The van der Waals surface area contributed by atoms with Crippen molar-refractivity contribution in [2.45, 2.75) is 6.92 Å². The first-order valence-corrected chi connectivity index (χ1v) is 6.79. The summed E-state index contributed by atoms with van der Waals surface area (Å²) in [5.41, 5.74) is 6.95. The molecule has 0 saturated heterocycles. The molecule has 17 heavy (non-hydrogen) atoms. The number of rotatable bonds is 4. The minimum atomic E-state index is -3.30. The molecule has 0 saturated carbocycles. The fraction of sp³-hybridized carbons (Fsp3) is 0.300. The SMILES string of the molecule is Cc1cc(NC(=O)CN)ccc1NS(C)(=O)=O. The van der Waals surface area contributed by atoms with Gasteiger partial charge in [-0.05, 0) is 30.7 Å². The largest absolute Gasteiger partial charge is 0.325 e. The highest BCUT2D eigenvalue weighted by atomic mass is 32.2. The van der Waals surface area contributed by atoms with Crippen molar-refractivity contribution in [3.05, 3.63) is 23.8 Å². The maximum atomic E-state index is 11.1. The fourth-order valence-corrected chi connectivity index (χ4v) is 1.90. The molecule has 1 aromatic carbocycles. The third kappa shape index (κ3) is 4.41. The monoisotopic (exact) mass is 257 g/mol. The lowest BCUT2D eigenvalue weighted by atomic mass is 10.2. The molecule has 0 aliphatic heterocycles. The van der Waals surface area contributed by atoms with Crippen molar-refractivity contribution in [3.63, 3.8) is 0 Å². The first-order valence-electron chi connectivity index (χ1n) is 4.90. The Kier molecular flexibility index (Phi) is 4.08. The Morgan fingerprint density at radius 2 is 2.06 bits per heavy atom. The van der Waals surface area contributed by atoms with Gasteiger partial charge in [-0.1, -0.05) is 0 Å². The molecule has 0 aliphatic rings. The van der Waals surface area contributed by atoms with Gasteiger partial charge >= 0.3 is 0 Å². The Morgan fingerprint density at radius 1 is 1.41 bits per heavy atom. The van der Waals surface area contributed by atoms with Gasteiger partial charge in [-0.15, -0.1) is 0 Å². The molecule has 7 heteroatoms. The maximum absolute atomic E-state index is 11.1. The summed E-state index contributed by atoms with van der Waals surface area (Å²) in [5, 5.41) is 2.58. The van der Waals surface area contributed by atoms with Gasteiger partial charge in [-0.25, -0.2) is 8.42 Å². The molecule has 0 radical (unpaired) electrons. The third-order valence-electron chi connectivity index (χ3n) is 1.99. The summed E-state index contributed by atoms with van der Waals surface area (Å²) < 4.78 is 24.5. The van der Waals surface area contributed by atoms with Crippen LogP contribution in [0.15, 0.2) is 18.2 Å². The van der Waals surface area contributed by atoms with Crippen LogP contribution >= 0.6 is 0 Å². The van der Waals surface area contributed by atoms with E-state index in [1.54, 1.807) is 25.1 Å². The normalized spacial score (nSPS) is 11.0. The fourth-order valence-electron chi connectivity index (χ4n) is 1.27. The summed E-state index contributed by atoms with van der Waals surface area (Å²) in [6, 6.07) is 4.86. The van der Waals surface area contributed by atoms with Gasteiger partial charge < -0.3 is 11.1 Å². The topological polar surface area (TPSA) is 101 Å². The van der Waals surface area contributed by atoms with Gasteiger partial charge in [0.05, 0.1) is 18.5 Å². The highest BCUT2D eigenvalue weighted by Gasteiger charge is 2.06. The predicted octanol–water partition coefficient (Wildman–Crippen LogP) is 0.264. The van der Waals surface area contributed by atoms with Crippen LogP contribution in [0.1, 0.15) is 5.56 Å². The van der Waals surface area contributed by atoms with E-state index in [0.29, 0.717) is 16.9 Å². The number of carbonyl (C=O) groups excluding carboxylic acids is 1. The second kappa shape index (κ2) is 5.15. The number of anilines is 2. The van der Waals surface area contributed by atoms with Gasteiger partial charge in [0, 0.05) is 5.69 Å². The average Bonchev–Trinajstić information content (AvgIpc) is 2.20. The molecule has 0 aromatic heterocycles. The summed E-state index contributed by atoms with van der Waals surface area (Å²) in [6.45, 7) is 1.65. The molecule has 0 atom stereocenters. The van der Waals surface area contributed by atoms with Crippen LogP contribution in [0.4, 0.5) is 11.4 Å². The van der Waals surface area contributed by atoms with Gasteiger partial charge in [0.2, 0.25) is 15.9 Å². The second-order valence-corrected chi connectivity index (χ2v) is 5.40. The molecule has 0 fully saturated rings. The second-order valence-electron chi connectivity index (χ2n) is 3.66. The van der Waals surface area contributed by atoms with E-state index in [1.807, 2.05) is 0 Å². The van der Waals surface area contributed by atoms with Crippen molar-refractivity contribution < 1.29 is 13.2 Å². The van der Waals surface area contributed by atoms with E-state index in [9.17, 15) is 13.2 Å². The summed E-state index contributed by atoms with van der Waals surface area (Å²) in [6.07, 6.45) is 1.08. The molecule has 0 aliphatic carbocycles. The molecular weight excluding hydrogens is 242 g/mol. The first-order chi connectivity index (χ1) is 7.81. The minimum Gasteiger partial charge on any atom is -0.325 e. The molecule has 4 N–H and O–H groups in total. The van der Waals surface area contributed by atoms with E-state index in [2.05, 4.69) is 10.0 Å². The van der Waals surface area contributed by atoms with E-state index in [4.69, 9.17) is 5.73 Å². The standard InChI is InChI=1S/C10H15N3O3S/c1-7-5-8(12-10(14)6-11)3-4-9(7)13-17(2,15)16/h3-5,13H,6,11H2,1-2H3,(H,12,14). The first kappa shape index (κ1) is 13.5. The smallest absolute Gasteiger partial charge is 0.238 e. The number of amides is 1. The van der Waals surface area contributed by atoms with Gasteiger partial charge in [0.1, 0.15) is 0 Å². The predicted molar refractivity (Wildman–Crippen MR) is 67.3 cm³/mol. The van der Waals surface area contributed by atoms with Crippen LogP contribution < -0.4 is 15.8 Å². The number of aryl methyl sites for hydroxylation is 1. The Bertz CT molecular complexity index is 526. The molecule has 94 valence electrons. The van der Waals surface area contributed by atoms with Crippen molar-refractivity contribution in [3.8, 4) is 0 Å². The van der Waals surface area contributed by atoms with E-state index in [1.165, 1.54) is 0 Å². The van der Waals surface area contributed by atoms with Crippen LogP contribution in [0.2, 0.25) is 0 Å². The van der Waals surface area contributed by atoms with Crippen LogP contribution in [0, 0.1) is 6.92 Å². The molecule has 0 spiro atoms. The quantitative estimate of drug-likeness (QED) is 0.720. The van der Waals surface area contributed by atoms with Crippen molar-refractivity contribution in [2.75, 3.05) is 22.8 Å². The zero-order valence-corrected chi connectivity index (χ0v) is 10.5. The Hall–Kier alpha value is -1.60. The Labute approximate surface area is 100 Å². The molecule has 1 aromatic rings. The summed E-state index contributed by atoms with van der Waals surface area (Å²) in [7, 11) is -3.30. The summed E-state index contributed by atoms with van der Waals surface area (Å²) >= 11 is 0. The molecule has 6 nitrogen and oxygen atoms in total. The third-order valence-corrected chi connectivity index (χ3v) is 2.58. The van der Waals surface area contributed by atoms with Gasteiger partial charge in [-0.2, -0.15) is 0 Å². The van der Waals surface area contributed by atoms with Gasteiger partial charge in [0.15, 0.2) is 0 Å². The number of nitrogens with two attached hydrogens (primary N) is 1. The summed E-state index contributed by atoms with van der Waals surface area (Å²) in [5.74, 6) is -0.298. The van der Waals surface area contributed by atoms with Crippen LogP contribution in [0.3, 0.4) is 0 Å². The van der Waals surface area contributed by atoms with Crippen LogP contribution in [-0.4, -0.2) is 27.1 Å². The van der Waals surface area contributed by atoms with Crippen molar-refractivity contribution in [2.24, 2.45) is 5.73 Å². The molecule has 0 bridgehead atoms. The van der Waals surface area contributed by atoms with Crippen molar-refractivity contribution in [1.29, 1.82) is 0 Å². The van der Waals surface area contributed by atoms with Gasteiger partial charge in [-0.3, -0.25) is 9.52 Å². The number of hydrogen-bond acceptors (Lipinski definition) is 4. The van der Waals surface area contributed by atoms with Crippen LogP contribution in [0.5, 0.6) is 0 Å². The Balaban J connectivity index is 2.90. The lowest BCUT2D eigenvalue weighted by Crippen LogP contribution is -2.21.